The Balaban J connectivity index is 1.89. The van der Waals surface area contributed by atoms with Crippen molar-refractivity contribution in [3.63, 3.8) is 0 Å². The lowest BCUT2D eigenvalue weighted by Crippen LogP contribution is -2.50. The molecule has 2 aromatic carbocycles. The summed E-state index contributed by atoms with van der Waals surface area (Å²) in [7, 11) is 0. The number of carbonyl (C=O) groups is 2. The molecule has 2 aliphatic heterocycles. The highest BCUT2D eigenvalue weighted by Crippen LogP contribution is 2.48. The SMILES string of the molecule is CCOc1cc2c(cc1OCC)[C@@H]1[C@H](C(=O)NC(C)C)c3ccccc3C(=O)N1CC2. The molecule has 31 heavy (non-hydrogen) atoms. The lowest BCUT2D eigenvalue weighted by molar-refractivity contribution is -0.124. The number of amides is 2. The molecular weight excluding hydrogens is 392 g/mol. The third kappa shape index (κ3) is 3.75. The van der Waals surface area contributed by atoms with E-state index in [1.807, 2.05) is 69.0 Å². The Hall–Kier alpha value is -3.02. The highest BCUT2D eigenvalue weighted by atomic mass is 16.5. The highest BCUT2D eigenvalue weighted by Gasteiger charge is 2.46. The Bertz CT molecular complexity index is 1000. The Morgan fingerprint density at radius 3 is 2.45 bits per heavy atom. The first-order valence-corrected chi connectivity index (χ1v) is 11.1. The predicted molar refractivity (Wildman–Crippen MR) is 119 cm³/mol. The molecule has 0 saturated carbocycles. The summed E-state index contributed by atoms with van der Waals surface area (Å²) in [5.41, 5.74) is 3.46. The van der Waals surface area contributed by atoms with Crippen LogP contribution in [0.3, 0.4) is 0 Å². The monoisotopic (exact) mass is 422 g/mol. The Labute approximate surface area is 183 Å². The minimum Gasteiger partial charge on any atom is -0.490 e. The van der Waals surface area contributed by atoms with Gasteiger partial charge in [-0.3, -0.25) is 9.59 Å². The maximum absolute atomic E-state index is 13.4. The van der Waals surface area contributed by atoms with E-state index >= 15 is 0 Å². The lowest BCUT2D eigenvalue weighted by Gasteiger charge is -2.45. The molecule has 2 aromatic rings. The van der Waals surface area contributed by atoms with Crippen LogP contribution >= 0.6 is 0 Å². The average molecular weight is 423 g/mol. The molecule has 0 aliphatic carbocycles. The van der Waals surface area contributed by atoms with Gasteiger partial charge < -0.3 is 19.7 Å². The minimum absolute atomic E-state index is 0.00752. The van der Waals surface area contributed by atoms with Crippen molar-refractivity contribution in [3.8, 4) is 11.5 Å². The van der Waals surface area contributed by atoms with Crippen LogP contribution in [0.25, 0.3) is 0 Å². The summed E-state index contributed by atoms with van der Waals surface area (Å²) in [6.07, 6.45) is 0.713. The molecule has 6 nitrogen and oxygen atoms in total. The minimum atomic E-state index is -0.484. The summed E-state index contributed by atoms with van der Waals surface area (Å²) in [5.74, 6) is 0.792. The highest BCUT2D eigenvalue weighted by molar-refractivity contribution is 6.01. The molecule has 2 heterocycles. The fourth-order valence-electron chi connectivity index (χ4n) is 4.73. The molecule has 0 aromatic heterocycles. The van der Waals surface area contributed by atoms with Crippen LogP contribution in [-0.4, -0.2) is 42.5 Å². The topological polar surface area (TPSA) is 67.9 Å². The Morgan fingerprint density at radius 1 is 1.10 bits per heavy atom. The third-order valence-corrected chi connectivity index (χ3v) is 5.90. The third-order valence-electron chi connectivity index (χ3n) is 5.90. The molecule has 2 aliphatic rings. The zero-order valence-corrected chi connectivity index (χ0v) is 18.6. The van der Waals surface area contributed by atoms with Crippen molar-refractivity contribution >= 4 is 11.8 Å². The molecule has 6 heteroatoms. The zero-order chi connectivity index (χ0) is 22.1. The number of hydrogen-bond donors (Lipinski definition) is 1. The van der Waals surface area contributed by atoms with Crippen molar-refractivity contribution in [2.24, 2.45) is 0 Å². The maximum Gasteiger partial charge on any atom is 0.254 e. The molecule has 164 valence electrons. The number of fused-ring (bicyclic) bond motifs is 4. The van der Waals surface area contributed by atoms with E-state index in [1.54, 1.807) is 0 Å². The molecule has 0 bridgehead atoms. The smallest absolute Gasteiger partial charge is 0.254 e. The predicted octanol–water partition coefficient (Wildman–Crippen LogP) is 3.85. The van der Waals surface area contributed by atoms with Crippen LogP contribution in [0.15, 0.2) is 36.4 Å². The number of nitrogens with one attached hydrogen (secondary N) is 1. The van der Waals surface area contributed by atoms with Gasteiger partial charge in [-0.2, -0.15) is 0 Å². The number of nitrogens with zero attached hydrogens (tertiary/aromatic N) is 1. The van der Waals surface area contributed by atoms with Crippen LogP contribution in [0, 0.1) is 0 Å². The van der Waals surface area contributed by atoms with Crippen molar-refractivity contribution in [3.05, 3.63) is 58.7 Å². The van der Waals surface area contributed by atoms with E-state index in [1.165, 1.54) is 0 Å². The Kier molecular flexibility index (Phi) is 5.90. The van der Waals surface area contributed by atoms with Crippen molar-refractivity contribution < 1.29 is 19.1 Å². The lowest BCUT2D eigenvalue weighted by atomic mass is 9.75. The van der Waals surface area contributed by atoms with E-state index in [4.69, 9.17) is 9.47 Å². The summed E-state index contributed by atoms with van der Waals surface area (Å²) >= 11 is 0. The number of ether oxygens (including phenoxy) is 2. The van der Waals surface area contributed by atoms with Crippen LogP contribution in [0.2, 0.25) is 0 Å². The summed E-state index contributed by atoms with van der Waals surface area (Å²) in [6, 6.07) is 11.1. The summed E-state index contributed by atoms with van der Waals surface area (Å²) in [6.45, 7) is 9.39. The van der Waals surface area contributed by atoms with Crippen molar-refractivity contribution in [1.29, 1.82) is 0 Å². The van der Waals surface area contributed by atoms with E-state index in [9.17, 15) is 9.59 Å². The molecule has 0 spiro atoms. The van der Waals surface area contributed by atoms with Gasteiger partial charge in [-0.25, -0.2) is 0 Å². The zero-order valence-electron chi connectivity index (χ0n) is 18.6. The average Bonchev–Trinajstić information content (AvgIpc) is 2.74. The van der Waals surface area contributed by atoms with E-state index in [0.29, 0.717) is 43.2 Å². The Morgan fingerprint density at radius 2 is 1.77 bits per heavy atom. The second kappa shape index (κ2) is 8.61. The van der Waals surface area contributed by atoms with Crippen molar-refractivity contribution in [2.75, 3.05) is 19.8 Å². The molecule has 2 atom stereocenters. The summed E-state index contributed by atoms with van der Waals surface area (Å²) in [4.78, 5) is 28.6. The van der Waals surface area contributed by atoms with E-state index in [0.717, 1.165) is 16.7 Å². The van der Waals surface area contributed by atoms with E-state index in [2.05, 4.69) is 5.32 Å². The molecular formula is C25H30N2O4. The fourth-order valence-corrected chi connectivity index (χ4v) is 4.73. The van der Waals surface area contributed by atoms with Gasteiger partial charge in [-0.15, -0.1) is 0 Å². The van der Waals surface area contributed by atoms with Crippen molar-refractivity contribution in [1.82, 2.24) is 10.2 Å². The summed E-state index contributed by atoms with van der Waals surface area (Å²) in [5, 5.41) is 3.07. The maximum atomic E-state index is 13.4. The molecule has 2 amide bonds. The molecule has 0 radical (unpaired) electrons. The van der Waals surface area contributed by atoms with Gasteiger partial charge in [0.05, 0.1) is 25.2 Å². The van der Waals surface area contributed by atoms with Gasteiger partial charge in [0.25, 0.3) is 5.91 Å². The van der Waals surface area contributed by atoms with Crippen LogP contribution in [-0.2, 0) is 11.2 Å². The second-order valence-corrected chi connectivity index (χ2v) is 8.29. The standard InChI is InChI=1S/C25H30N2O4/c1-5-30-20-13-16-11-12-27-23(19(16)14-21(20)31-6-2)22(24(28)26-15(3)4)17-9-7-8-10-18(17)25(27)29/h7-10,13-15,22-23H,5-6,11-12H2,1-4H3,(H,26,28)/t22-,23-/m1/s1. The van der Waals surface area contributed by atoms with Crippen LogP contribution in [0.4, 0.5) is 0 Å². The normalized spacial score (nSPS) is 19.4. The first kappa shape index (κ1) is 21.2. The van der Waals surface area contributed by atoms with Gasteiger partial charge in [0, 0.05) is 18.2 Å². The van der Waals surface area contributed by atoms with Gasteiger partial charge in [-0.05, 0) is 69.0 Å². The van der Waals surface area contributed by atoms with Gasteiger partial charge in [0.1, 0.15) is 0 Å². The fraction of sp³-hybridized carbons (Fsp3) is 0.440. The quantitative estimate of drug-likeness (QED) is 0.768. The van der Waals surface area contributed by atoms with E-state index < -0.39 is 5.92 Å². The molecule has 0 fully saturated rings. The molecule has 1 N–H and O–H groups in total. The molecule has 4 rings (SSSR count). The first-order chi connectivity index (χ1) is 15.0. The van der Waals surface area contributed by atoms with Gasteiger partial charge >= 0.3 is 0 Å². The van der Waals surface area contributed by atoms with Gasteiger partial charge in [0.15, 0.2) is 11.5 Å². The number of hydrogen-bond acceptors (Lipinski definition) is 4. The second-order valence-electron chi connectivity index (χ2n) is 8.29. The van der Waals surface area contributed by atoms with Crippen LogP contribution in [0.5, 0.6) is 11.5 Å². The molecule has 0 unspecified atom stereocenters. The molecule has 0 saturated heterocycles. The summed E-state index contributed by atoms with van der Waals surface area (Å²) < 4.78 is 11.7. The van der Waals surface area contributed by atoms with Crippen molar-refractivity contribution in [2.45, 2.75) is 52.1 Å². The first-order valence-electron chi connectivity index (χ1n) is 11.1. The van der Waals surface area contributed by atoms with Gasteiger partial charge in [0.2, 0.25) is 5.91 Å². The number of benzene rings is 2. The van der Waals surface area contributed by atoms with Gasteiger partial charge in [-0.1, -0.05) is 18.2 Å². The van der Waals surface area contributed by atoms with Crippen LogP contribution < -0.4 is 14.8 Å². The number of rotatable bonds is 6. The van der Waals surface area contributed by atoms with Crippen LogP contribution in [0.1, 0.15) is 66.7 Å². The largest absolute Gasteiger partial charge is 0.490 e. The number of carbonyl (C=O) groups excluding carboxylic acids is 2. The van der Waals surface area contributed by atoms with E-state index in [-0.39, 0.29) is 23.9 Å².